The third kappa shape index (κ3) is 3.64. The van der Waals surface area contributed by atoms with Crippen LogP contribution >= 0.6 is 11.3 Å². The Morgan fingerprint density at radius 2 is 1.58 bits per heavy atom. The van der Waals surface area contributed by atoms with Crippen LogP contribution in [0.25, 0.3) is 26.6 Å². The third-order valence-electron chi connectivity index (χ3n) is 5.98. The number of para-hydroxylation sites is 2. The number of fused-ring (bicyclic) bond motifs is 2. The average Bonchev–Trinajstić information content (AvgIpc) is 3.37. The van der Waals surface area contributed by atoms with Crippen molar-refractivity contribution in [1.82, 2.24) is 0 Å². The minimum atomic E-state index is 0.472. The molecule has 1 aliphatic rings. The van der Waals surface area contributed by atoms with Crippen LogP contribution in [-0.4, -0.2) is 7.85 Å². The summed E-state index contributed by atoms with van der Waals surface area (Å²) >= 11 is 1.75. The van der Waals surface area contributed by atoms with E-state index in [1.54, 1.807) is 11.3 Å². The van der Waals surface area contributed by atoms with Crippen molar-refractivity contribution in [2.45, 2.75) is 12.8 Å². The molecule has 0 unspecified atom stereocenters. The van der Waals surface area contributed by atoms with Gasteiger partial charge in [0.25, 0.3) is 0 Å². The zero-order chi connectivity index (χ0) is 22.2. The van der Waals surface area contributed by atoms with Gasteiger partial charge in [0.15, 0.2) is 7.85 Å². The molecule has 6 rings (SSSR count). The van der Waals surface area contributed by atoms with Crippen LogP contribution in [-0.2, 0) is 0 Å². The monoisotopic (exact) mass is 444 g/mol. The molecule has 2 N–H and O–H groups in total. The fourth-order valence-electron chi connectivity index (χ4n) is 4.46. The smallest absolute Gasteiger partial charge is 0.168 e. The van der Waals surface area contributed by atoms with Crippen molar-refractivity contribution in [1.29, 1.82) is 0 Å². The molecule has 0 saturated carbocycles. The van der Waals surface area contributed by atoms with Crippen LogP contribution < -0.4 is 16.3 Å². The molecular formula is C28H21BN2OS. The van der Waals surface area contributed by atoms with E-state index in [-0.39, 0.29) is 0 Å². The first-order valence-corrected chi connectivity index (χ1v) is 11.9. The van der Waals surface area contributed by atoms with Gasteiger partial charge in [0.1, 0.15) is 10.6 Å². The summed E-state index contributed by atoms with van der Waals surface area (Å²) in [6.45, 7) is 0. The van der Waals surface area contributed by atoms with E-state index in [0.29, 0.717) is 5.66 Å². The second-order valence-corrected chi connectivity index (χ2v) is 9.14. The molecule has 5 aromatic rings. The number of hydrogen-bond acceptors (Lipinski definition) is 4. The Hall–Kier alpha value is -3.70. The Labute approximate surface area is 197 Å². The van der Waals surface area contributed by atoms with E-state index < -0.39 is 0 Å². The Bertz CT molecular complexity index is 1530. The van der Waals surface area contributed by atoms with Gasteiger partial charge in [-0.15, -0.1) is 11.3 Å². The molecule has 5 heteroatoms. The number of rotatable bonds is 5. The maximum atomic E-state index is 6.37. The summed E-state index contributed by atoms with van der Waals surface area (Å²) in [4.78, 5) is 0. The Balaban J connectivity index is 1.48. The van der Waals surface area contributed by atoms with Crippen molar-refractivity contribution in [3.8, 4) is 0 Å². The molecule has 1 aliphatic carbocycles. The molecule has 0 atom stereocenters. The van der Waals surface area contributed by atoms with E-state index in [1.165, 1.54) is 15.7 Å². The number of benzene rings is 3. The largest absolute Gasteiger partial charge is 0.472 e. The van der Waals surface area contributed by atoms with E-state index in [1.807, 2.05) is 36.4 Å². The molecule has 0 spiro atoms. The van der Waals surface area contributed by atoms with Gasteiger partial charge in [-0.2, -0.15) is 0 Å². The third-order valence-corrected chi connectivity index (χ3v) is 7.07. The topological polar surface area (TPSA) is 37.2 Å². The standard InChI is InChI=1S/C28H21BN2OS/c29-27-25(20-13-5-8-16-23(20)32-27)19-12-4-7-15-22(19)31-28-26(30-18-10-2-1-3-11-18)21-14-6-9-17-24(21)33-28/h1-3,5-11,13-17,30-31H,4,12H2. The molecule has 0 aliphatic heterocycles. The van der Waals surface area contributed by atoms with Gasteiger partial charge in [0, 0.05) is 32.4 Å². The lowest BCUT2D eigenvalue weighted by Gasteiger charge is -2.19. The first kappa shape index (κ1) is 20.0. The first-order chi connectivity index (χ1) is 16.3. The van der Waals surface area contributed by atoms with Crippen molar-refractivity contribution in [3.05, 3.63) is 102 Å². The molecule has 0 amide bonds. The van der Waals surface area contributed by atoms with E-state index >= 15 is 0 Å². The summed E-state index contributed by atoms with van der Waals surface area (Å²) in [5.74, 6) is 0. The summed E-state index contributed by atoms with van der Waals surface area (Å²) in [7, 11) is 6.37. The summed E-state index contributed by atoms with van der Waals surface area (Å²) in [5, 5.41) is 10.7. The van der Waals surface area contributed by atoms with Crippen molar-refractivity contribution < 1.29 is 4.42 Å². The van der Waals surface area contributed by atoms with Crippen LogP contribution in [0.2, 0.25) is 0 Å². The highest BCUT2D eigenvalue weighted by Gasteiger charge is 2.21. The highest BCUT2D eigenvalue weighted by Crippen LogP contribution is 2.43. The molecular weight excluding hydrogens is 423 g/mol. The molecule has 3 nitrogen and oxygen atoms in total. The molecule has 2 heterocycles. The normalized spacial score (nSPS) is 13.7. The Morgan fingerprint density at radius 1 is 0.818 bits per heavy atom. The van der Waals surface area contributed by atoms with Gasteiger partial charge >= 0.3 is 0 Å². The predicted molar refractivity (Wildman–Crippen MR) is 142 cm³/mol. The van der Waals surface area contributed by atoms with Crippen molar-refractivity contribution >= 4 is 67.8 Å². The first-order valence-electron chi connectivity index (χ1n) is 11.1. The second kappa shape index (κ2) is 8.34. The molecule has 158 valence electrons. The average molecular weight is 444 g/mol. The van der Waals surface area contributed by atoms with Gasteiger partial charge in [-0.1, -0.05) is 60.7 Å². The SMILES string of the molecule is [B]c1oc2ccccc2c1C1=C(Nc2sc3ccccc3c2Nc2ccccc2)C=CCC1. The lowest BCUT2D eigenvalue weighted by molar-refractivity contribution is 0.652. The summed E-state index contributed by atoms with van der Waals surface area (Å²) < 4.78 is 7.11. The van der Waals surface area contributed by atoms with Gasteiger partial charge in [0.05, 0.1) is 11.3 Å². The zero-order valence-electron chi connectivity index (χ0n) is 18.0. The summed E-state index contributed by atoms with van der Waals surface area (Å²) in [6, 6.07) is 26.8. The van der Waals surface area contributed by atoms with Gasteiger partial charge in [-0.05, 0) is 48.8 Å². The van der Waals surface area contributed by atoms with E-state index in [4.69, 9.17) is 12.3 Å². The minimum Gasteiger partial charge on any atom is -0.472 e. The van der Waals surface area contributed by atoms with Crippen molar-refractivity contribution in [3.63, 3.8) is 0 Å². The molecule has 2 radical (unpaired) electrons. The van der Waals surface area contributed by atoms with Crippen LogP contribution in [0.4, 0.5) is 16.4 Å². The lowest BCUT2D eigenvalue weighted by atomic mass is 9.88. The number of furan rings is 1. The van der Waals surface area contributed by atoms with Gasteiger partial charge in [-0.25, -0.2) is 0 Å². The maximum absolute atomic E-state index is 6.37. The Kier molecular flexibility index (Phi) is 5.04. The van der Waals surface area contributed by atoms with Crippen LogP contribution in [0, 0.1) is 0 Å². The lowest BCUT2D eigenvalue weighted by Crippen LogP contribution is -2.11. The molecule has 0 saturated heterocycles. The maximum Gasteiger partial charge on any atom is 0.168 e. The Morgan fingerprint density at radius 3 is 2.45 bits per heavy atom. The fraction of sp³-hybridized carbons (Fsp3) is 0.0714. The van der Waals surface area contributed by atoms with Crippen LogP contribution in [0.1, 0.15) is 18.4 Å². The van der Waals surface area contributed by atoms with Gasteiger partial charge in [-0.3, -0.25) is 0 Å². The van der Waals surface area contributed by atoms with Crippen LogP contribution in [0.5, 0.6) is 0 Å². The van der Waals surface area contributed by atoms with Gasteiger partial charge < -0.3 is 15.1 Å². The molecule has 3 aromatic carbocycles. The minimum absolute atomic E-state index is 0.472. The van der Waals surface area contributed by atoms with Crippen LogP contribution in [0.15, 0.2) is 101 Å². The van der Waals surface area contributed by atoms with E-state index in [0.717, 1.165) is 51.4 Å². The molecule has 0 fully saturated rings. The molecule has 0 bridgehead atoms. The highest BCUT2D eigenvalue weighted by molar-refractivity contribution is 7.23. The van der Waals surface area contributed by atoms with E-state index in [9.17, 15) is 0 Å². The van der Waals surface area contributed by atoms with Crippen molar-refractivity contribution in [2.75, 3.05) is 10.6 Å². The van der Waals surface area contributed by atoms with Crippen molar-refractivity contribution in [2.24, 2.45) is 0 Å². The second-order valence-electron chi connectivity index (χ2n) is 8.09. The summed E-state index contributed by atoms with van der Waals surface area (Å²) in [6.07, 6.45) is 6.25. The van der Waals surface area contributed by atoms with Crippen LogP contribution in [0.3, 0.4) is 0 Å². The van der Waals surface area contributed by atoms with Gasteiger partial charge in [0.2, 0.25) is 0 Å². The number of allylic oxidation sites excluding steroid dienone is 3. The molecule has 33 heavy (non-hydrogen) atoms. The highest BCUT2D eigenvalue weighted by atomic mass is 32.1. The number of hydrogen-bond donors (Lipinski definition) is 2. The molecule has 2 aromatic heterocycles. The fourth-order valence-corrected chi connectivity index (χ4v) is 5.53. The number of nitrogens with one attached hydrogen (secondary N) is 2. The quantitative estimate of drug-likeness (QED) is 0.278. The summed E-state index contributed by atoms with van der Waals surface area (Å²) in [5.41, 5.74) is 6.67. The predicted octanol–water partition coefficient (Wildman–Crippen LogP) is 7.36. The zero-order valence-corrected chi connectivity index (χ0v) is 18.8. The number of anilines is 3. The number of thiophene rings is 1. The van der Waals surface area contributed by atoms with E-state index in [2.05, 4.69) is 65.3 Å².